The van der Waals surface area contributed by atoms with Crippen LogP contribution in [0.2, 0.25) is 19.6 Å². The van der Waals surface area contributed by atoms with Gasteiger partial charge in [0.1, 0.15) is 0 Å². The molecule has 0 heterocycles. The maximum absolute atomic E-state index is 11.2. The second-order valence-electron chi connectivity index (χ2n) is 10.4. The van der Waals surface area contributed by atoms with Gasteiger partial charge in [-0.25, -0.2) is 0 Å². The molecule has 0 amide bonds. The van der Waals surface area contributed by atoms with Crippen molar-refractivity contribution < 1.29 is 19.1 Å². The van der Waals surface area contributed by atoms with E-state index in [-0.39, 0.29) is 5.97 Å². The molecule has 1 rings (SSSR count). The van der Waals surface area contributed by atoms with Crippen LogP contribution in [-0.4, -0.2) is 38.2 Å². The summed E-state index contributed by atoms with van der Waals surface area (Å²) in [5, 5.41) is 10.7. The molecule has 0 bridgehead atoms. The highest BCUT2D eigenvalue weighted by atomic mass is 28.4. The number of carbonyl (C=O) groups excluding carboxylic acids is 1. The molecule has 0 aromatic carbocycles. The summed E-state index contributed by atoms with van der Waals surface area (Å²) < 4.78 is 11.3. The minimum absolute atomic E-state index is 0.106. The molecule has 1 aliphatic carbocycles. The molecular formula is C25H48O4Si. The molecule has 0 aliphatic heterocycles. The predicted octanol–water partition coefficient (Wildman–Crippen LogP) is 6.63. The van der Waals surface area contributed by atoms with E-state index < -0.39 is 13.9 Å². The van der Waals surface area contributed by atoms with Crippen LogP contribution in [0.5, 0.6) is 0 Å². The molecule has 0 spiro atoms. The number of allylic oxidation sites excluding steroid dienone is 1. The van der Waals surface area contributed by atoms with Crippen molar-refractivity contribution in [1.29, 1.82) is 0 Å². The van der Waals surface area contributed by atoms with Gasteiger partial charge in [-0.15, -0.1) is 0 Å². The lowest BCUT2D eigenvalue weighted by Crippen LogP contribution is -2.35. The lowest BCUT2D eigenvalue weighted by atomic mass is 9.87. The number of esters is 1. The molecule has 0 radical (unpaired) electrons. The molecule has 30 heavy (non-hydrogen) atoms. The fourth-order valence-electron chi connectivity index (χ4n) is 4.55. The zero-order chi connectivity index (χ0) is 22.6. The fraction of sp³-hybridized carbons (Fsp3) is 0.880. The topological polar surface area (TPSA) is 55.8 Å². The maximum atomic E-state index is 11.2. The van der Waals surface area contributed by atoms with E-state index in [4.69, 9.17) is 9.16 Å². The Balaban J connectivity index is 2.61. The molecule has 1 saturated carbocycles. The van der Waals surface area contributed by atoms with Gasteiger partial charge in [0.25, 0.3) is 0 Å². The Morgan fingerprint density at radius 3 is 2.43 bits per heavy atom. The molecular weight excluding hydrogens is 392 g/mol. The lowest BCUT2D eigenvalue weighted by molar-refractivity contribution is -0.140. The zero-order valence-corrected chi connectivity index (χ0v) is 21.5. The van der Waals surface area contributed by atoms with Crippen molar-refractivity contribution in [3.05, 3.63) is 12.2 Å². The number of hydrogen-bond acceptors (Lipinski definition) is 4. The van der Waals surface area contributed by atoms with Crippen molar-refractivity contribution in [3.63, 3.8) is 0 Å². The van der Waals surface area contributed by atoms with E-state index in [2.05, 4.69) is 38.7 Å². The van der Waals surface area contributed by atoms with Crippen molar-refractivity contribution in [2.75, 3.05) is 7.11 Å². The summed E-state index contributed by atoms with van der Waals surface area (Å²) in [7, 11) is -0.123. The molecule has 176 valence electrons. The average Bonchev–Trinajstić information content (AvgIpc) is 3.02. The van der Waals surface area contributed by atoms with Crippen molar-refractivity contribution in [1.82, 2.24) is 0 Å². The third-order valence-corrected chi connectivity index (χ3v) is 7.21. The highest BCUT2D eigenvalue weighted by Crippen LogP contribution is 2.40. The van der Waals surface area contributed by atoms with Crippen molar-refractivity contribution in [3.8, 4) is 0 Å². The van der Waals surface area contributed by atoms with Crippen LogP contribution in [0.1, 0.15) is 90.9 Å². The van der Waals surface area contributed by atoms with Gasteiger partial charge in [0.05, 0.1) is 12.7 Å². The number of unbranched alkanes of at least 4 members (excludes halogenated alkanes) is 5. The van der Waals surface area contributed by atoms with Crippen LogP contribution in [-0.2, 0) is 14.0 Å². The van der Waals surface area contributed by atoms with Crippen LogP contribution in [0, 0.1) is 11.8 Å². The van der Waals surface area contributed by atoms with Gasteiger partial charge in [0, 0.05) is 12.5 Å². The van der Waals surface area contributed by atoms with E-state index in [0.29, 0.717) is 24.4 Å². The minimum atomic E-state index is -1.58. The van der Waals surface area contributed by atoms with Crippen LogP contribution >= 0.6 is 0 Å². The van der Waals surface area contributed by atoms with E-state index in [1.165, 1.54) is 32.8 Å². The predicted molar refractivity (Wildman–Crippen MR) is 128 cm³/mol. The summed E-state index contributed by atoms with van der Waals surface area (Å²) in [6.07, 6.45) is 17.3. The first-order valence-corrected chi connectivity index (χ1v) is 15.6. The first-order valence-electron chi connectivity index (χ1n) is 12.2. The van der Waals surface area contributed by atoms with Gasteiger partial charge in [-0.2, -0.15) is 0 Å². The van der Waals surface area contributed by atoms with E-state index in [1.807, 2.05) is 6.92 Å². The molecule has 1 fully saturated rings. The number of methoxy groups -OCH3 is 1. The molecule has 4 atom stereocenters. The monoisotopic (exact) mass is 440 g/mol. The number of carbonyl (C=O) groups is 1. The first kappa shape index (κ1) is 27.4. The second kappa shape index (κ2) is 13.7. The van der Waals surface area contributed by atoms with E-state index >= 15 is 0 Å². The van der Waals surface area contributed by atoms with Gasteiger partial charge in [-0.3, -0.25) is 4.79 Å². The third kappa shape index (κ3) is 11.7. The number of hydrogen-bond donors (Lipinski definition) is 1. The van der Waals surface area contributed by atoms with Crippen LogP contribution < -0.4 is 0 Å². The van der Waals surface area contributed by atoms with Gasteiger partial charge in [0.2, 0.25) is 0 Å². The average molecular weight is 441 g/mol. The minimum Gasteiger partial charge on any atom is -0.469 e. The molecule has 0 saturated heterocycles. The highest BCUT2D eigenvalue weighted by Gasteiger charge is 2.37. The van der Waals surface area contributed by atoms with E-state index in [1.54, 1.807) is 0 Å². The number of ether oxygens (including phenoxy) is 1. The summed E-state index contributed by atoms with van der Waals surface area (Å²) in [5.41, 5.74) is -0.703. The summed E-state index contributed by atoms with van der Waals surface area (Å²) in [5.74, 6) is 0.935. The quantitative estimate of drug-likeness (QED) is 0.134. The first-order chi connectivity index (χ1) is 14.1. The normalized spacial score (nSPS) is 24.3. The van der Waals surface area contributed by atoms with Gasteiger partial charge >= 0.3 is 5.97 Å². The molecule has 1 aliphatic rings. The fourth-order valence-corrected chi connectivity index (χ4v) is 5.75. The Morgan fingerprint density at radius 1 is 1.10 bits per heavy atom. The van der Waals surface area contributed by atoms with Crippen LogP contribution in [0.3, 0.4) is 0 Å². The highest BCUT2D eigenvalue weighted by molar-refractivity contribution is 6.69. The van der Waals surface area contributed by atoms with Gasteiger partial charge in [0.15, 0.2) is 8.32 Å². The Morgan fingerprint density at radius 2 is 1.80 bits per heavy atom. The van der Waals surface area contributed by atoms with Crippen LogP contribution in [0.4, 0.5) is 0 Å². The van der Waals surface area contributed by atoms with E-state index in [9.17, 15) is 9.90 Å². The molecule has 4 nitrogen and oxygen atoms in total. The smallest absolute Gasteiger partial charge is 0.305 e. The Bertz CT molecular complexity index is 510. The number of rotatable bonds is 15. The van der Waals surface area contributed by atoms with Gasteiger partial charge < -0.3 is 14.3 Å². The Hall–Kier alpha value is -0.653. The van der Waals surface area contributed by atoms with E-state index in [0.717, 1.165) is 44.9 Å². The van der Waals surface area contributed by atoms with Crippen LogP contribution in [0.25, 0.3) is 0 Å². The lowest BCUT2D eigenvalue weighted by Gasteiger charge is -2.30. The zero-order valence-electron chi connectivity index (χ0n) is 20.5. The standard InChI is InChI=1S/C25H48O4Si/c1-7-8-13-19-25(2,27)20-18-21-16-17-23(29-30(4,5)6)22(21)14-11-9-10-12-15-24(26)28-3/h18,20-23,27H,7-17,19H2,1-6H3. The molecule has 5 heteroatoms. The van der Waals surface area contributed by atoms with Gasteiger partial charge in [-0.1, -0.05) is 57.6 Å². The Labute approximate surface area is 186 Å². The molecule has 4 unspecified atom stereocenters. The van der Waals surface area contributed by atoms with Crippen molar-refractivity contribution in [2.24, 2.45) is 11.8 Å². The van der Waals surface area contributed by atoms with Gasteiger partial charge in [-0.05, 0) is 70.5 Å². The number of aliphatic hydroxyl groups is 1. The molecule has 0 aromatic rings. The van der Waals surface area contributed by atoms with Crippen molar-refractivity contribution >= 4 is 14.3 Å². The Kier molecular flexibility index (Phi) is 12.5. The summed E-state index contributed by atoms with van der Waals surface area (Å²) >= 11 is 0. The summed E-state index contributed by atoms with van der Waals surface area (Å²) in [6.45, 7) is 11.0. The summed E-state index contributed by atoms with van der Waals surface area (Å²) in [4.78, 5) is 11.2. The SMILES string of the molecule is CCCCCC(C)(O)C=CC1CCC(O[Si](C)(C)C)C1CCCCCCC(=O)OC. The van der Waals surface area contributed by atoms with Crippen molar-refractivity contribution in [2.45, 2.75) is 122 Å². The molecule has 1 N–H and O–H groups in total. The third-order valence-electron chi connectivity index (χ3n) is 6.20. The molecule has 0 aromatic heterocycles. The maximum Gasteiger partial charge on any atom is 0.305 e. The second-order valence-corrected chi connectivity index (χ2v) is 14.8. The van der Waals surface area contributed by atoms with Crippen LogP contribution in [0.15, 0.2) is 12.2 Å². The summed E-state index contributed by atoms with van der Waals surface area (Å²) in [6, 6.07) is 0. The largest absolute Gasteiger partial charge is 0.469 e.